The number of hydrogen-bond acceptors (Lipinski definition) is 5. The first-order valence-corrected chi connectivity index (χ1v) is 8.02. The zero-order valence-electron chi connectivity index (χ0n) is 13.7. The van der Waals surface area contributed by atoms with Crippen LogP contribution in [0.3, 0.4) is 0 Å². The average molecular weight is 331 g/mol. The monoisotopic (exact) mass is 331 g/mol. The Bertz CT molecular complexity index is 740. The Morgan fingerprint density at radius 2 is 2.29 bits per heavy atom. The summed E-state index contributed by atoms with van der Waals surface area (Å²) < 4.78 is 8.32. The van der Waals surface area contributed by atoms with Crippen molar-refractivity contribution < 1.29 is 9.53 Å². The highest BCUT2D eigenvalue weighted by Crippen LogP contribution is 2.21. The number of likely N-dealkylation sites (tertiary alicyclic amines) is 1. The highest BCUT2D eigenvalue weighted by molar-refractivity contribution is 5.94. The van der Waals surface area contributed by atoms with Gasteiger partial charge in [0, 0.05) is 39.0 Å². The minimum Gasteiger partial charge on any atom is -0.383 e. The molecule has 1 fully saturated rings. The molecule has 8 nitrogen and oxygen atoms in total. The number of ether oxygens (including phenoxy) is 1. The minimum atomic E-state index is -0.136. The van der Waals surface area contributed by atoms with Gasteiger partial charge in [-0.05, 0) is 18.9 Å². The first-order chi connectivity index (χ1) is 11.7. The van der Waals surface area contributed by atoms with Crippen LogP contribution in [0, 0.1) is 0 Å². The molecule has 3 heterocycles. The second-order valence-electron chi connectivity index (χ2n) is 5.86. The molecule has 0 saturated carbocycles. The van der Waals surface area contributed by atoms with E-state index in [2.05, 4.69) is 10.1 Å². The van der Waals surface area contributed by atoms with Gasteiger partial charge in [-0.25, -0.2) is 9.67 Å². The lowest BCUT2D eigenvalue weighted by atomic mass is 10.0. The van der Waals surface area contributed by atoms with Crippen molar-refractivity contribution >= 4 is 5.91 Å². The van der Waals surface area contributed by atoms with Crippen LogP contribution in [0.2, 0.25) is 0 Å². The number of hydrogen-bond donors (Lipinski definition) is 0. The third-order valence-electron chi connectivity index (χ3n) is 4.26. The van der Waals surface area contributed by atoms with E-state index in [0.717, 1.165) is 12.8 Å². The Hall–Kier alpha value is -2.48. The van der Waals surface area contributed by atoms with Crippen molar-refractivity contribution in [3.8, 4) is 0 Å². The van der Waals surface area contributed by atoms with Crippen LogP contribution in [-0.2, 0) is 11.3 Å². The number of piperidine rings is 1. The maximum atomic E-state index is 12.8. The van der Waals surface area contributed by atoms with E-state index >= 15 is 0 Å². The largest absolute Gasteiger partial charge is 0.383 e. The molecule has 24 heavy (non-hydrogen) atoms. The van der Waals surface area contributed by atoms with Crippen LogP contribution in [0.4, 0.5) is 0 Å². The zero-order valence-corrected chi connectivity index (χ0v) is 13.7. The molecule has 0 aliphatic carbocycles. The summed E-state index contributed by atoms with van der Waals surface area (Å²) >= 11 is 0. The summed E-state index contributed by atoms with van der Waals surface area (Å²) in [4.78, 5) is 30.4. The fourth-order valence-electron chi connectivity index (χ4n) is 2.97. The fraction of sp³-hybridized carbons (Fsp3) is 0.500. The SMILES string of the molecule is COCCn1cc(C(=O)N2CCC[C@@H](n3cncn3)C2)ccc1=O. The van der Waals surface area contributed by atoms with Crippen molar-refractivity contribution in [3.63, 3.8) is 0 Å². The molecule has 1 saturated heterocycles. The smallest absolute Gasteiger partial charge is 0.255 e. The molecule has 0 aromatic carbocycles. The number of nitrogens with zero attached hydrogens (tertiary/aromatic N) is 5. The highest BCUT2D eigenvalue weighted by atomic mass is 16.5. The molecular formula is C16H21N5O3. The molecule has 1 atom stereocenters. The molecule has 0 unspecified atom stereocenters. The van der Waals surface area contributed by atoms with Crippen LogP contribution in [0.25, 0.3) is 0 Å². The van der Waals surface area contributed by atoms with Gasteiger partial charge in [-0.1, -0.05) is 0 Å². The Morgan fingerprint density at radius 1 is 1.42 bits per heavy atom. The molecule has 8 heteroatoms. The van der Waals surface area contributed by atoms with Gasteiger partial charge in [0.05, 0.1) is 18.2 Å². The molecule has 1 amide bonds. The summed E-state index contributed by atoms with van der Waals surface area (Å²) in [6.45, 7) is 2.16. The quantitative estimate of drug-likeness (QED) is 0.800. The van der Waals surface area contributed by atoms with Crippen LogP contribution < -0.4 is 5.56 Å². The van der Waals surface area contributed by atoms with E-state index < -0.39 is 0 Å². The second-order valence-corrected chi connectivity index (χ2v) is 5.86. The maximum absolute atomic E-state index is 12.8. The van der Waals surface area contributed by atoms with Gasteiger partial charge < -0.3 is 14.2 Å². The molecule has 1 aliphatic rings. The summed E-state index contributed by atoms with van der Waals surface area (Å²) in [6, 6.07) is 3.17. The van der Waals surface area contributed by atoms with Crippen molar-refractivity contribution in [1.82, 2.24) is 24.2 Å². The molecule has 2 aromatic rings. The number of pyridine rings is 1. The summed E-state index contributed by atoms with van der Waals surface area (Å²) in [5.74, 6) is -0.0639. The zero-order chi connectivity index (χ0) is 16.9. The number of carbonyl (C=O) groups excluding carboxylic acids is 1. The van der Waals surface area contributed by atoms with Crippen molar-refractivity contribution in [2.45, 2.75) is 25.4 Å². The molecule has 0 spiro atoms. The van der Waals surface area contributed by atoms with Gasteiger partial charge in [0.2, 0.25) is 0 Å². The van der Waals surface area contributed by atoms with Gasteiger partial charge in [0.25, 0.3) is 11.5 Å². The Balaban J connectivity index is 1.74. The molecular weight excluding hydrogens is 310 g/mol. The lowest BCUT2D eigenvalue weighted by Crippen LogP contribution is -2.41. The normalized spacial score (nSPS) is 17.9. The number of carbonyl (C=O) groups is 1. The molecule has 128 valence electrons. The van der Waals surface area contributed by atoms with Gasteiger partial charge in [-0.2, -0.15) is 5.10 Å². The number of amides is 1. The fourth-order valence-corrected chi connectivity index (χ4v) is 2.97. The Labute approximate surface area is 139 Å². The molecule has 3 rings (SSSR count). The number of methoxy groups -OCH3 is 1. The van der Waals surface area contributed by atoms with Gasteiger partial charge in [0.1, 0.15) is 12.7 Å². The first kappa shape index (κ1) is 16.4. The number of aromatic nitrogens is 4. The molecule has 1 aliphatic heterocycles. The van der Waals surface area contributed by atoms with E-state index in [9.17, 15) is 9.59 Å². The third kappa shape index (κ3) is 3.53. The van der Waals surface area contributed by atoms with Crippen LogP contribution in [-0.4, -0.2) is 56.9 Å². The van der Waals surface area contributed by atoms with Crippen molar-refractivity contribution in [2.75, 3.05) is 26.8 Å². The van der Waals surface area contributed by atoms with Crippen LogP contribution in [0.15, 0.2) is 35.8 Å². The molecule has 0 N–H and O–H groups in total. The van der Waals surface area contributed by atoms with Crippen LogP contribution >= 0.6 is 0 Å². The van der Waals surface area contributed by atoms with Crippen LogP contribution in [0.1, 0.15) is 29.2 Å². The first-order valence-electron chi connectivity index (χ1n) is 8.02. The van der Waals surface area contributed by atoms with Gasteiger partial charge in [-0.3, -0.25) is 9.59 Å². The highest BCUT2D eigenvalue weighted by Gasteiger charge is 2.26. The minimum absolute atomic E-state index is 0.0639. The van der Waals surface area contributed by atoms with E-state index in [1.165, 1.54) is 17.0 Å². The lowest BCUT2D eigenvalue weighted by molar-refractivity contribution is 0.0671. The van der Waals surface area contributed by atoms with Gasteiger partial charge in [-0.15, -0.1) is 0 Å². The number of rotatable bonds is 5. The lowest BCUT2D eigenvalue weighted by Gasteiger charge is -2.32. The van der Waals surface area contributed by atoms with Gasteiger partial charge in [0.15, 0.2) is 0 Å². The van der Waals surface area contributed by atoms with E-state index in [1.54, 1.807) is 30.4 Å². The Morgan fingerprint density at radius 3 is 3.04 bits per heavy atom. The molecule has 2 aromatic heterocycles. The van der Waals surface area contributed by atoms with E-state index in [0.29, 0.717) is 31.8 Å². The summed E-state index contributed by atoms with van der Waals surface area (Å²) in [6.07, 6.45) is 6.69. The predicted molar refractivity (Wildman–Crippen MR) is 86.8 cm³/mol. The summed E-state index contributed by atoms with van der Waals surface area (Å²) in [7, 11) is 1.58. The van der Waals surface area contributed by atoms with Crippen molar-refractivity contribution in [2.24, 2.45) is 0 Å². The van der Waals surface area contributed by atoms with E-state index in [4.69, 9.17) is 4.74 Å². The van der Waals surface area contributed by atoms with Gasteiger partial charge >= 0.3 is 0 Å². The van der Waals surface area contributed by atoms with Crippen molar-refractivity contribution in [1.29, 1.82) is 0 Å². The summed E-state index contributed by atoms with van der Waals surface area (Å²) in [5.41, 5.74) is 0.382. The molecule has 0 bridgehead atoms. The summed E-state index contributed by atoms with van der Waals surface area (Å²) in [5, 5.41) is 4.17. The van der Waals surface area contributed by atoms with Crippen molar-refractivity contribution in [3.05, 3.63) is 46.9 Å². The topological polar surface area (TPSA) is 82.2 Å². The standard InChI is InChI=1S/C16H21N5O3/c1-24-8-7-19-9-13(4-5-15(19)22)16(23)20-6-2-3-14(10-20)21-12-17-11-18-21/h4-5,9,11-12,14H,2-3,6-8,10H2,1H3/t14-/m1/s1. The van der Waals surface area contributed by atoms with E-state index in [1.807, 2.05) is 4.90 Å². The molecule has 0 radical (unpaired) electrons. The second kappa shape index (κ2) is 7.39. The van der Waals surface area contributed by atoms with Crippen LogP contribution in [0.5, 0.6) is 0 Å². The predicted octanol–water partition coefficient (Wildman–Crippen LogP) is 0.563. The maximum Gasteiger partial charge on any atom is 0.255 e. The van der Waals surface area contributed by atoms with E-state index in [-0.39, 0.29) is 17.5 Å². The Kier molecular flexibility index (Phi) is 5.05. The third-order valence-corrected chi connectivity index (χ3v) is 4.26. The average Bonchev–Trinajstić information content (AvgIpc) is 3.15.